The number of amides is 1. The molecule has 0 saturated carbocycles. The molecular weight excluding hydrogens is 290 g/mol. The Morgan fingerprint density at radius 1 is 1.33 bits per heavy atom. The SMILES string of the molecule is CCNC(=O)C(C)NS(=O)(=O)c1ccc(C#CCN)cc1. The molecule has 0 saturated heterocycles. The monoisotopic (exact) mass is 309 g/mol. The first-order valence-corrected chi connectivity index (χ1v) is 7.98. The fourth-order valence-corrected chi connectivity index (χ4v) is 2.76. The van der Waals surface area contributed by atoms with Gasteiger partial charge in [-0.15, -0.1) is 0 Å². The Morgan fingerprint density at radius 3 is 2.48 bits per heavy atom. The summed E-state index contributed by atoms with van der Waals surface area (Å²) in [6.07, 6.45) is 0. The maximum Gasteiger partial charge on any atom is 0.241 e. The summed E-state index contributed by atoms with van der Waals surface area (Å²) in [5, 5.41) is 2.56. The summed E-state index contributed by atoms with van der Waals surface area (Å²) in [5.41, 5.74) is 5.94. The summed E-state index contributed by atoms with van der Waals surface area (Å²) in [4.78, 5) is 11.6. The van der Waals surface area contributed by atoms with E-state index in [1.165, 1.54) is 19.1 Å². The summed E-state index contributed by atoms with van der Waals surface area (Å²) in [7, 11) is -3.74. The third-order valence-electron chi connectivity index (χ3n) is 2.58. The van der Waals surface area contributed by atoms with Crippen molar-refractivity contribution in [1.82, 2.24) is 10.0 Å². The van der Waals surface area contributed by atoms with Crippen LogP contribution in [0.3, 0.4) is 0 Å². The topological polar surface area (TPSA) is 101 Å². The second kappa shape index (κ2) is 7.78. The Kier molecular flexibility index (Phi) is 6.37. The molecule has 0 aromatic heterocycles. The van der Waals surface area contributed by atoms with Crippen molar-refractivity contribution in [2.45, 2.75) is 24.8 Å². The second-order valence-corrected chi connectivity index (χ2v) is 5.98. The standard InChI is InChI=1S/C14H19N3O3S/c1-3-16-14(18)11(2)17-21(19,20)13-8-6-12(7-9-13)5-4-10-15/h6-9,11,17H,3,10,15H2,1-2H3,(H,16,18). The van der Waals surface area contributed by atoms with Crippen molar-refractivity contribution >= 4 is 15.9 Å². The fraction of sp³-hybridized carbons (Fsp3) is 0.357. The molecule has 1 aromatic rings. The van der Waals surface area contributed by atoms with Gasteiger partial charge in [0.2, 0.25) is 15.9 Å². The van der Waals surface area contributed by atoms with Crippen LogP contribution in [0.25, 0.3) is 0 Å². The van der Waals surface area contributed by atoms with Crippen LogP contribution in [-0.2, 0) is 14.8 Å². The normalized spacial score (nSPS) is 12.1. The van der Waals surface area contributed by atoms with Gasteiger partial charge in [0.1, 0.15) is 0 Å². The fourth-order valence-electron chi connectivity index (χ4n) is 1.55. The van der Waals surface area contributed by atoms with Gasteiger partial charge in [-0.3, -0.25) is 4.79 Å². The van der Waals surface area contributed by atoms with E-state index in [0.717, 1.165) is 0 Å². The molecule has 1 atom stereocenters. The average molecular weight is 309 g/mol. The second-order valence-electron chi connectivity index (χ2n) is 4.27. The van der Waals surface area contributed by atoms with Gasteiger partial charge < -0.3 is 11.1 Å². The lowest BCUT2D eigenvalue weighted by Gasteiger charge is -2.13. The third-order valence-corrected chi connectivity index (χ3v) is 4.13. The number of carbonyl (C=O) groups excluding carboxylic acids is 1. The number of carbonyl (C=O) groups is 1. The van der Waals surface area contributed by atoms with Crippen molar-refractivity contribution in [1.29, 1.82) is 0 Å². The van der Waals surface area contributed by atoms with Crippen molar-refractivity contribution < 1.29 is 13.2 Å². The lowest BCUT2D eigenvalue weighted by atomic mass is 10.2. The molecule has 21 heavy (non-hydrogen) atoms. The van der Waals surface area contributed by atoms with Crippen LogP contribution in [0.5, 0.6) is 0 Å². The smallest absolute Gasteiger partial charge is 0.241 e. The molecule has 1 aromatic carbocycles. The minimum absolute atomic E-state index is 0.0805. The quantitative estimate of drug-likeness (QED) is 0.656. The Labute approximate surface area is 125 Å². The zero-order chi connectivity index (χ0) is 15.9. The Hall–Kier alpha value is -1.88. The van der Waals surface area contributed by atoms with Gasteiger partial charge in [0.25, 0.3) is 0 Å². The Morgan fingerprint density at radius 2 is 1.95 bits per heavy atom. The van der Waals surface area contributed by atoms with Crippen molar-refractivity contribution in [2.24, 2.45) is 5.73 Å². The van der Waals surface area contributed by atoms with Crippen LogP contribution in [-0.4, -0.2) is 33.5 Å². The van der Waals surface area contributed by atoms with Crippen LogP contribution in [0.15, 0.2) is 29.2 Å². The molecule has 0 spiro atoms. The number of hydrogen-bond acceptors (Lipinski definition) is 4. The van der Waals surface area contributed by atoms with E-state index in [9.17, 15) is 13.2 Å². The van der Waals surface area contributed by atoms with Crippen LogP contribution in [0, 0.1) is 11.8 Å². The van der Waals surface area contributed by atoms with Crippen LogP contribution >= 0.6 is 0 Å². The molecule has 0 fully saturated rings. The number of rotatable bonds is 5. The highest BCUT2D eigenvalue weighted by Gasteiger charge is 2.21. The van der Waals surface area contributed by atoms with Crippen LogP contribution in [0.1, 0.15) is 19.4 Å². The first-order valence-electron chi connectivity index (χ1n) is 6.49. The van der Waals surface area contributed by atoms with Crippen molar-refractivity contribution in [2.75, 3.05) is 13.1 Å². The Balaban J connectivity index is 2.85. The van der Waals surface area contributed by atoms with Crippen LogP contribution < -0.4 is 15.8 Å². The molecule has 0 radical (unpaired) electrons. The molecule has 0 heterocycles. The molecule has 0 aliphatic rings. The van der Waals surface area contributed by atoms with E-state index in [4.69, 9.17) is 5.73 Å². The van der Waals surface area contributed by atoms with Crippen molar-refractivity contribution in [3.05, 3.63) is 29.8 Å². The first kappa shape index (κ1) is 17.2. The maximum absolute atomic E-state index is 12.1. The van der Waals surface area contributed by atoms with Gasteiger partial charge >= 0.3 is 0 Å². The first-order chi connectivity index (χ1) is 9.90. The predicted octanol–water partition coefficient (Wildman–Crippen LogP) is -0.200. The van der Waals surface area contributed by atoms with E-state index in [0.29, 0.717) is 12.1 Å². The van der Waals surface area contributed by atoms with Crippen LogP contribution in [0.4, 0.5) is 0 Å². The molecule has 1 unspecified atom stereocenters. The molecule has 114 valence electrons. The van der Waals surface area contributed by atoms with Gasteiger partial charge in [-0.2, -0.15) is 4.72 Å². The molecule has 4 N–H and O–H groups in total. The molecule has 7 heteroatoms. The van der Waals surface area contributed by atoms with Gasteiger partial charge in [-0.25, -0.2) is 8.42 Å². The highest BCUT2D eigenvalue weighted by molar-refractivity contribution is 7.89. The van der Waals surface area contributed by atoms with Gasteiger partial charge in [-0.05, 0) is 38.1 Å². The van der Waals surface area contributed by atoms with E-state index < -0.39 is 16.1 Å². The largest absolute Gasteiger partial charge is 0.355 e. The van der Waals surface area contributed by atoms with Gasteiger partial charge in [-0.1, -0.05) is 11.8 Å². The Bertz CT molecular complexity index is 642. The molecule has 6 nitrogen and oxygen atoms in total. The van der Waals surface area contributed by atoms with Gasteiger partial charge in [0.05, 0.1) is 17.5 Å². The summed E-state index contributed by atoms with van der Waals surface area (Å²) in [6.45, 7) is 3.94. The number of likely N-dealkylation sites (N-methyl/N-ethyl adjacent to an activating group) is 1. The summed E-state index contributed by atoms with van der Waals surface area (Å²) in [6, 6.07) is 5.22. The predicted molar refractivity (Wildman–Crippen MR) is 80.8 cm³/mol. The highest BCUT2D eigenvalue weighted by Crippen LogP contribution is 2.10. The molecular formula is C14H19N3O3S. The molecule has 1 rings (SSSR count). The number of benzene rings is 1. The van der Waals surface area contributed by atoms with E-state index in [1.807, 2.05) is 0 Å². The summed E-state index contributed by atoms with van der Waals surface area (Å²) < 4.78 is 26.6. The molecule has 1 amide bonds. The zero-order valence-electron chi connectivity index (χ0n) is 12.0. The highest BCUT2D eigenvalue weighted by atomic mass is 32.2. The summed E-state index contributed by atoms with van der Waals surface area (Å²) in [5.74, 6) is 5.12. The van der Waals surface area contributed by atoms with E-state index >= 15 is 0 Å². The number of nitrogens with one attached hydrogen (secondary N) is 2. The lowest BCUT2D eigenvalue weighted by molar-refractivity contribution is -0.122. The zero-order valence-corrected chi connectivity index (χ0v) is 12.8. The molecule has 0 aliphatic carbocycles. The van der Waals surface area contributed by atoms with E-state index in [-0.39, 0.29) is 17.3 Å². The number of hydrogen-bond donors (Lipinski definition) is 3. The molecule has 0 aliphatic heterocycles. The minimum Gasteiger partial charge on any atom is -0.355 e. The lowest BCUT2D eigenvalue weighted by Crippen LogP contribution is -2.44. The average Bonchev–Trinajstić information content (AvgIpc) is 2.45. The van der Waals surface area contributed by atoms with Crippen molar-refractivity contribution in [3.63, 3.8) is 0 Å². The van der Waals surface area contributed by atoms with Crippen molar-refractivity contribution in [3.8, 4) is 11.8 Å². The molecule has 0 bridgehead atoms. The van der Waals surface area contributed by atoms with E-state index in [1.54, 1.807) is 19.1 Å². The van der Waals surface area contributed by atoms with Gasteiger partial charge in [0, 0.05) is 12.1 Å². The number of nitrogens with two attached hydrogens (primary N) is 1. The minimum atomic E-state index is -3.74. The van der Waals surface area contributed by atoms with E-state index in [2.05, 4.69) is 21.9 Å². The van der Waals surface area contributed by atoms with Gasteiger partial charge in [0.15, 0.2) is 0 Å². The summed E-state index contributed by atoms with van der Waals surface area (Å²) >= 11 is 0. The third kappa shape index (κ3) is 5.19. The van der Waals surface area contributed by atoms with Crippen LogP contribution in [0.2, 0.25) is 0 Å². The maximum atomic E-state index is 12.1. The number of sulfonamides is 1.